The first-order valence-electron chi connectivity index (χ1n) is 20.6. The average Bonchev–Trinajstić information content (AvgIpc) is 3.54. The second-order valence-corrected chi connectivity index (χ2v) is 16.2. The van der Waals surface area contributed by atoms with Crippen LogP contribution in [0.4, 0.5) is 17.1 Å². The Hall–Kier alpha value is -7.43. The lowest BCUT2D eigenvalue weighted by molar-refractivity contribution is 0.660. The third-order valence-corrected chi connectivity index (χ3v) is 12.0. The minimum Gasteiger partial charge on any atom is -0.310 e. The summed E-state index contributed by atoms with van der Waals surface area (Å²) in [4.78, 5) is 17.3. The number of rotatable bonds is 8. The Balaban J connectivity index is 1.06. The Labute approximate surface area is 352 Å². The Morgan fingerprint density at radius 1 is 0.367 bits per heavy atom. The number of nitrogens with zero attached hydrogens (tertiary/aromatic N) is 4. The number of hydrogen-bond acceptors (Lipinski definition) is 4. The lowest BCUT2D eigenvalue weighted by Crippen LogP contribution is -2.16. The third kappa shape index (κ3) is 6.57. The van der Waals surface area contributed by atoms with Crippen molar-refractivity contribution in [3.63, 3.8) is 0 Å². The van der Waals surface area contributed by atoms with Crippen molar-refractivity contribution >= 4 is 17.1 Å². The largest absolute Gasteiger partial charge is 0.310 e. The van der Waals surface area contributed by atoms with Crippen LogP contribution in [0, 0.1) is 13.8 Å². The van der Waals surface area contributed by atoms with Gasteiger partial charge in [0, 0.05) is 39.0 Å². The van der Waals surface area contributed by atoms with E-state index in [0.29, 0.717) is 17.5 Å². The van der Waals surface area contributed by atoms with Crippen LogP contribution in [-0.4, -0.2) is 15.0 Å². The van der Waals surface area contributed by atoms with E-state index in [1.54, 1.807) is 0 Å². The van der Waals surface area contributed by atoms with E-state index in [9.17, 15) is 0 Å². The molecule has 10 rings (SSSR count). The molecule has 60 heavy (non-hydrogen) atoms. The topological polar surface area (TPSA) is 41.9 Å². The van der Waals surface area contributed by atoms with Gasteiger partial charge in [-0.2, -0.15) is 0 Å². The smallest absolute Gasteiger partial charge is 0.164 e. The molecular formula is C56H44N4. The first kappa shape index (κ1) is 36.9. The van der Waals surface area contributed by atoms with Gasteiger partial charge < -0.3 is 4.90 Å². The van der Waals surface area contributed by atoms with Crippen LogP contribution in [0.1, 0.15) is 36.1 Å². The predicted octanol–water partition coefficient (Wildman–Crippen LogP) is 14.6. The molecule has 9 aromatic rings. The van der Waals surface area contributed by atoms with Gasteiger partial charge in [-0.25, -0.2) is 15.0 Å². The van der Waals surface area contributed by atoms with E-state index in [2.05, 4.69) is 166 Å². The second kappa shape index (κ2) is 15.1. The maximum Gasteiger partial charge on any atom is 0.164 e. The molecule has 0 fully saturated rings. The quantitative estimate of drug-likeness (QED) is 0.154. The van der Waals surface area contributed by atoms with Crippen molar-refractivity contribution in [2.75, 3.05) is 4.90 Å². The molecule has 1 heterocycles. The molecule has 0 atom stereocenters. The van der Waals surface area contributed by atoms with Gasteiger partial charge in [-0.1, -0.05) is 172 Å². The van der Waals surface area contributed by atoms with Crippen LogP contribution in [0.25, 0.3) is 67.5 Å². The molecule has 0 aliphatic heterocycles. The molecule has 0 saturated heterocycles. The molecule has 0 radical (unpaired) electrons. The van der Waals surface area contributed by atoms with Gasteiger partial charge in [0.1, 0.15) is 0 Å². The molecule has 4 heteroatoms. The van der Waals surface area contributed by atoms with Crippen LogP contribution < -0.4 is 4.90 Å². The van der Waals surface area contributed by atoms with Crippen molar-refractivity contribution in [3.8, 4) is 67.5 Å². The lowest BCUT2D eigenvalue weighted by Gasteiger charge is -2.29. The summed E-state index contributed by atoms with van der Waals surface area (Å²) in [6.07, 6.45) is 0. The van der Waals surface area contributed by atoms with E-state index >= 15 is 0 Å². The number of aromatic nitrogens is 3. The number of aryl methyl sites for hydroxylation is 2. The summed E-state index contributed by atoms with van der Waals surface area (Å²) >= 11 is 0. The minimum atomic E-state index is -0.109. The number of hydrogen-bond donors (Lipinski definition) is 0. The molecular weight excluding hydrogens is 729 g/mol. The highest BCUT2D eigenvalue weighted by molar-refractivity contribution is 5.95. The predicted molar refractivity (Wildman–Crippen MR) is 249 cm³/mol. The second-order valence-electron chi connectivity index (χ2n) is 16.2. The van der Waals surface area contributed by atoms with E-state index in [1.807, 2.05) is 60.7 Å². The van der Waals surface area contributed by atoms with Crippen LogP contribution in [0.2, 0.25) is 0 Å². The van der Waals surface area contributed by atoms with E-state index < -0.39 is 0 Å². The fourth-order valence-corrected chi connectivity index (χ4v) is 8.91. The lowest BCUT2D eigenvalue weighted by atomic mass is 9.82. The van der Waals surface area contributed by atoms with Gasteiger partial charge in [0.05, 0.1) is 5.69 Å². The Morgan fingerprint density at radius 3 is 1.43 bits per heavy atom. The zero-order chi connectivity index (χ0) is 40.8. The molecule has 1 aliphatic rings. The highest BCUT2D eigenvalue weighted by atomic mass is 15.1. The zero-order valence-corrected chi connectivity index (χ0v) is 34.3. The first-order chi connectivity index (χ1) is 29.3. The van der Waals surface area contributed by atoms with Gasteiger partial charge in [0.15, 0.2) is 17.5 Å². The van der Waals surface area contributed by atoms with Gasteiger partial charge in [0.25, 0.3) is 0 Å². The normalized spacial score (nSPS) is 12.5. The Morgan fingerprint density at radius 2 is 0.833 bits per heavy atom. The van der Waals surface area contributed by atoms with E-state index in [1.165, 1.54) is 55.8 Å². The molecule has 8 aromatic carbocycles. The molecule has 0 N–H and O–H groups in total. The van der Waals surface area contributed by atoms with E-state index in [0.717, 1.165) is 33.6 Å². The highest BCUT2D eigenvalue weighted by Crippen LogP contribution is 2.54. The van der Waals surface area contributed by atoms with Crippen LogP contribution in [-0.2, 0) is 5.41 Å². The molecule has 4 nitrogen and oxygen atoms in total. The average molecular weight is 773 g/mol. The van der Waals surface area contributed by atoms with Gasteiger partial charge in [-0.15, -0.1) is 0 Å². The van der Waals surface area contributed by atoms with Crippen LogP contribution >= 0.6 is 0 Å². The maximum atomic E-state index is 4.99. The van der Waals surface area contributed by atoms with E-state index in [4.69, 9.17) is 15.0 Å². The molecule has 0 spiro atoms. The molecule has 1 aromatic heterocycles. The Kier molecular flexibility index (Phi) is 9.26. The fourth-order valence-electron chi connectivity index (χ4n) is 8.91. The molecule has 0 amide bonds. The van der Waals surface area contributed by atoms with Crippen molar-refractivity contribution in [3.05, 3.63) is 216 Å². The van der Waals surface area contributed by atoms with Gasteiger partial charge in [-0.3, -0.25) is 0 Å². The summed E-state index contributed by atoms with van der Waals surface area (Å²) in [5, 5.41) is 0. The van der Waals surface area contributed by atoms with Crippen molar-refractivity contribution in [2.24, 2.45) is 0 Å². The summed E-state index contributed by atoms with van der Waals surface area (Å²) in [6.45, 7) is 9.09. The number of fused-ring (bicyclic) bond motifs is 3. The minimum absolute atomic E-state index is 0.109. The molecule has 1 aliphatic carbocycles. The summed E-state index contributed by atoms with van der Waals surface area (Å²) in [6, 6.07) is 69.0. The molecule has 0 bridgehead atoms. The third-order valence-electron chi connectivity index (χ3n) is 12.0. The van der Waals surface area contributed by atoms with Crippen LogP contribution in [0.15, 0.2) is 194 Å². The van der Waals surface area contributed by atoms with Crippen molar-refractivity contribution in [1.82, 2.24) is 15.0 Å². The summed E-state index contributed by atoms with van der Waals surface area (Å²) < 4.78 is 0. The van der Waals surface area contributed by atoms with Crippen LogP contribution in [0.3, 0.4) is 0 Å². The molecule has 288 valence electrons. The maximum absolute atomic E-state index is 4.99. The monoisotopic (exact) mass is 772 g/mol. The first-order valence-corrected chi connectivity index (χ1v) is 20.6. The van der Waals surface area contributed by atoms with Gasteiger partial charge in [-0.05, 0) is 100 Å². The zero-order valence-electron chi connectivity index (χ0n) is 34.3. The van der Waals surface area contributed by atoms with Crippen LogP contribution in [0.5, 0.6) is 0 Å². The Bertz CT molecular complexity index is 2950. The number of anilines is 3. The van der Waals surface area contributed by atoms with Gasteiger partial charge in [0.2, 0.25) is 0 Å². The van der Waals surface area contributed by atoms with Crippen molar-refractivity contribution in [1.29, 1.82) is 0 Å². The standard InChI is InChI=1S/C56H44N4/c1-37-35-43(55-58-53(41-19-10-6-11-20-41)57-54(59-55)42-21-12-7-13-22-42)29-33-46(37)47-34-32-45(36-38(47)2)60(44-30-27-40(28-31-44)39-17-8-5-9-18-39)51-26-16-25-50-52(51)48-23-14-15-24-49(48)56(50,3)4/h5-36H,1-4H3. The summed E-state index contributed by atoms with van der Waals surface area (Å²) in [7, 11) is 0. The van der Waals surface area contributed by atoms with Gasteiger partial charge >= 0.3 is 0 Å². The van der Waals surface area contributed by atoms with Crippen molar-refractivity contribution in [2.45, 2.75) is 33.1 Å². The summed E-state index contributed by atoms with van der Waals surface area (Å²) in [5.74, 6) is 1.96. The summed E-state index contributed by atoms with van der Waals surface area (Å²) in [5.41, 5.74) is 18.6. The highest BCUT2D eigenvalue weighted by Gasteiger charge is 2.37. The van der Waals surface area contributed by atoms with Crippen molar-refractivity contribution < 1.29 is 0 Å². The number of benzene rings is 8. The van der Waals surface area contributed by atoms with E-state index in [-0.39, 0.29) is 5.41 Å². The molecule has 0 saturated carbocycles. The molecule has 0 unspecified atom stereocenters. The SMILES string of the molecule is Cc1cc(-c2nc(-c3ccccc3)nc(-c3ccccc3)n2)ccc1-c1ccc(N(c2ccc(-c3ccccc3)cc2)c2cccc3c2-c2ccccc2C3(C)C)cc1C. The fraction of sp³-hybridized carbons (Fsp3) is 0.0893.